The van der Waals surface area contributed by atoms with Crippen LogP contribution < -0.4 is 21.3 Å². The zero-order chi connectivity index (χ0) is 32.1. The van der Waals surface area contributed by atoms with Crippen LogP contribution in [0.4, 0.5) is 10.5 Å². The van der Waals surface area contributed by atoms with Gasteiger partial charge < -0.3 is 20.7 Å². The third kappa shape index (κ3) is 8.09. The van der Waals surface area contributed by atoms with E-state index in [0.29, 0.717) is 10.7 Å². The van der Waals surface area contributed by atoms with E-state index in [1.54, 1.807) is 31.7 Å². The lowest BCUT2D eigenvalue weighted by Crippen LogP contribution is -2.47. The molecule has 0 aliphatic carbocycles. The van der Waals surface area contributed by atoms with Crippen molar-refractivity contribution in [1.82, 2.24) is 10.6 Å². The van der Waals surface area contributed by atoms with Crippen LogP contribution in [0.15, 0.2) is 97.1 Å². The lowest BCUT2D eigenvalue weighted by molar-refractivity contribution is -0.125. The highest BCUT2D eigenvalue weighted by Gasteiger charge is 2.36. The molecule has 4 aromatic carbocycles. The number of carbonyl (C=O) groups is 3. The average molecular weight is 625 g/mol. The van der Waals surface area contributed by atoms with Gasteiger partial charge in [-0.15, -0.1) is 0 Å². The molecule has 0 saturated carbocycles. The van der Waals surface area contributed by atoms with Crippen molar-refractivity contribution in [2.75, 3.05) is 4.90 Å². The van der Waals surface area contributed by atoms with Crippen molar-refractivity contribution in [3.05, 3.63) is 124 Å². The van der Waals surface area contributed by atoms with Gasteiger partial charge in [0.05, 0.1) is 25.0 Å². The lowest BCUT2D eigenvalue weighted by Gasteiger charge is -2.25. The van der Waals surface area contributed by atoms with Gasteiger partial charge in [-0.2, -0.15) is 0 Å². The Morgan fingerprint density at radius 2 is 1.62 bits per heavy atom. The summed E-state index contributed by atoms with van der Waals surface area (Å²) in [5.74, 6) is -0.860. The normalized spacial score (nSPS) is 16.4. The number of hydrogen-bond donors (Lipinski definition) is 3. The third-order valence-electron chi connectivity index (χ3n) is 7.45. The van der Waals surface area contributed by atoms with E-state index in [4.69, 9.17) is 22.1 Å². The Labute approximate surface area is 268 Å². The first-order valence-electron chi connectivity index (χ1n) is 14.8. The molecule has 0 fully saturated rings. The number of hydrogen-bond acceptors (Lipinski definition) is 5. The number of alkyl carbamates (subject to hydrolysis) is 1. The van der Waals surface area contributed by atoms with Crippen molar-refractivity contribution >= 4 is 35.2 Å². The molecule has 1 aliphatic rings. The molecule has 0 spiro atoms. The standard InChI is InChI=1S/C36H37ClN4O4/c1-36(2,3)45-35(44)39-21-24-8-7-11-27(18-24)33-29-19-28(37)16-17-31(29)41(34(43)30(40-33)20-32(38)42)22-23-12-14-26(15-13-23)25-9-5-4-6-10-25/h4-19,30,33,40H,20-22H2,1-3H3,(H2,38,42)(H,39,44). The van der Waals surface area contributed by atoms with E-state index < -0.39 is 29.7 Å². The van der Waals surface area contributed by atoms with Crippen LogP contribution in [0.3, 0.4) is 0 Å². The Kier molecular flexibility index (Phi) is 9.56. The van der Waals surface area contributed by atoms with Crippen molar-refractivity contribution in [1.29, 1.82) is 0 Å². The fourth-order valence-corrected chi connectivity index (χ4v) is 5.63. The molecule has 232 valence electrons. The smallest absolute Gasteiger partial charge is 0.407 e. The molecule has 1 aliphatic heterocycles. The van der Waals surface area contributed by atoms with Gasteiger partial charge in [-0.05, 0) is 72.4 Å². The van der Waals surface area contributed by atoms with Crippen LogP contribution >= 0.6 is 11.6 Å². The second-order valence-electron chi connectivity index (χ2n) is 12.1. The molecule has 4 aromatic rings. The SMILES string of the molecule is CC(C)(C)OC(=O)NCc1cccc(C2NC(CC(N)=O)C(=O)N(Cc3ccc(-c4ccccc4)cc3)c3ccc(Cl)cc32)c1. The number of rotatable bonds is 8. The number of amides is 3. The molecule has 45 heavy (non-hydrogen) atoms. The molecule has 0 aromatic heterocycles. The number of carbonyl (C=O) groups excluding carboxylic acids is 3. The van der Waals surface area contributed by atoms with Gasteiger partial charge in [0.2, 0.25) is 11.8 Å². The zero-order valence-electron chi connectivity index (χ0n) is 25.5. The van der Waals surface area contributed by atoms with Crippen LogP contribution in [0.25, 0.3) is 11.1 Å². The number of nitrogens with zero attached hydrogens (tertiary/aromatic N) is 1. The Balaban J connectivity index is 1.48. The van der Waals surface area contributed by atoms with Crippen LogP contribution in [-0.4, -0.2) is 29.6 Å². The number of ether oxygens (including phenoxy) is 1. The van der Waals surface area contributed by atoms with Gasteiger partial charge in [-0.1, -0.05) is 90.5 Å². The summed E-state index contributed by atoms with van der Waals surface area (Å²) in [5, 5.41) is 6.70. The van der Waals surface area contributed by atoms with Crippen molar-refractivity contribution < 1.29 is 19.1 Å². The van der Waals surface area contributed by atoms with Crippen LogP contribution in [0.2, 0.25) is 5.02 Å². The highest BCUT2D eigenvalue weighted by Crippen LogP contribution is 2.38. The predicted octanol–water partition coefficient (Wildman–Crippen LogP) is 6.50. The van der Waals surface area contributed by atoms with E-state index in [1.807, 2.05) is 78.9 Å². The molecule has 5 rings (SSSR count). The number of nitrogens with one attached hydrogen (secondary N) is 2. The number of primary amides is 1. The molecule has 2 atom stereocenters. The minimum absolute atomic E-state index is 0.180. The minimum Gasteiger partial charge on any atom is -0.444 e. The quantitative estimate of drug-likeness (QED) is 0.207. The first kappa shape index (κ1) is 31.8. The second kappa shape index (κ2) is 13.5. The molecule has 2 unspecified atom stereocenters. The fourth-order valence-electron chi connectivity index (χ4n) is 5.44. The van der Waals surface area contributed by atoms with Crippen molar-refractivity contribution in [3.8, 4) is 11.1 Å². The van der Waals surface area contributed by atoms with Crippen LogP contribution in [-0.2, 0) is 27.4 Å². The summed E-state index contributed by atoms with van der Waals surface area (Å²) < 4.78 is 5.37. The molecule has 8 nitrogen and oxygen atoms in total. The molecular weight excluding hydrogens is 588 g/mol. The largest absolute Gasteiger partial charge is 0.444 e. The van der Waals surface area contributed by atoms with Crippen LogP contribution in [0.1, 0.15) is 55.5 Å². The summed E-state index contributed by atoms with van der Waals surface area (Å²) in [6.45, 7) is 5.94. The predicted molar refractivity (Wildman–Crippen MR) is 177 cm³/mol. The number of fused-ring (bicyclic) bond motifs is 1. The Morgan fingerprint density at radius 1 is 0.911 bits per heavy atom. The van der Waals surface area contributed by atoms with Gasteiger partial charge >= 0.3 is 6.09 Å². The van der Waals surface area contributed by atoms with Gasteiger partial charge in [0.25, 0.3) is 0 Å². The molecule has 9 heteroatoms. The topological polar surface area (TPSA) is 114 Å². The number of halogens is 1. The highest BCUT2D eigenvalue weighted by atomic mass is 35.5. The summed E-state index contributed by atoms with van der Waals surface area (Å²) in [7, 11) is 0. The molecular formula is C36H37ClN4O4. The monoisotopic (exact) mass is 624 g/mol. The van der Waals surface area contributed by atoms with Gasteiger partial charge in [0, 0.05) is 17.3 Å². The van der Waals surface area contributed by atoms with E-state index in [2.05, 4.69) is 22.8 Å². The average Bonchev–Trinajstić information content (AvgIpc) is 3.10. The number of benzene rings is 4. The molecule has 4 N–H and O–H groups in total. The van der Waals surface area contributed by atoms with Crippen LogP contribution in [0, 0.1) is 0 Å². The van der Waals surface area contributed by atoms with E-state index in [9.17, 15) is 14.4 Å². The molecule has 0 saturated heterocycles. The summed E-state index contributed by atoms with van der Waals surface area (Å²) >= 11 is 6.53. The lowest BCUT2D eigenvalue weighted by atomic mass is 9.95. The Bertz CT molecular complexity index is 1690. The maximum Gasteiger partial charge on any atom is 0.407 e. The maximum absolute atomic E-state index is 14.1. The number of anilines is 1. The van der Waals surface area contributed by atoms with Crippen molar-refractivity contribution in [3.63, 3.8) is 0 Å². The van der Waals surface area contributed by atoms with E-state index in [0.717, 1.165) is 33.4 Å². The molecule has 0 bridgehead atoms. The fraction of sp³-hybridized carbons (Fsp3) is 0.250. The highest BCUT2D eigenvalue weighted by molar-refractivity contribution is 6.30. The van der Waals surface area contributed by atoms with Gasteiger partial charge in [0.15, 0.2) is 0 Å². The van der Waals surface area contributed by atoms with Crippen molar-refractivity contribution in [2.45, 2.75) is 58.0 Å². The third-order valence-corrected chi connectivity index (χ3v) is 7.69. The Hall–Kier alpha value is -4.66. The zero-order valence-corrected chi connectivity index (χ0v) is 26.3. The van der Waals surface area contributed by atoms with Crippen molar-refractivity contribution in [2.24, 2.45) is 5.73 Å². The molecule has 3 amide bonds. The van der Waals surface area contributed by atoms with Crippen LogP contribution in [0.5, 0.6) is 0 Å². The van der Waals surface area contributed by atoms with Gasteiger partial charge in [-0.25, -0.2) is 4.79 Å². The molecule has 1 heterocycles. The van der Waals surface area contributed by atoms with E-state index >= 15 is 0 Å². The van der Waals surface area contributed by atoms with E-state index in [-0.39, 0.29) is 25.4 Å². The molecule has 0 radical (unpaired) electrons. The van der Waals surface area contributed by atoms with Gasteiger partial charge in [-0.3, -0.25) is 14.9 Å². The van der Waals surface area contributed by atoms with E-state index in [1.165, 1.54) is 0 Å². The van der Waals surface area contributed by atoms with Gasteiger partial charge in [0.1, 0.15) is 5.60 Å². The summed E-state index contributed by atoms with van der Waals surface area (Å²) in [6.07, 6.45) is -0.697. The summed E-state index contributed by atoms with van der Waals surface area (Å²) in [5.41, 5.74) is 11.2. The first-order valence-corrected chi connectivity index (χ1v) is 15.2. The first-order chi connectivity index (χ1) is 21.5. The minimum atomic E-state index is -0.884. The summed E-state index contributed by atoms with van der Waals surface area (Å²) in [6, 6.07) is 29.9. The number of nitrogens with two attached hydrogens (primary N) is 1. The Morgan fingerprint density at radius 3 is 2.31 bits per heavy atom. The maximum atomic E-state index is 14.1. The summed E-state index contributed by atoms with van der Waals surface area (Å²) in [4.78, 5) is 40.3. The second-order valence-corrected chi connectivity index (χ2v) is 12.6.